The second-order valence-corrected chi connectivity index (χ2v) is 8.12. The van der Waals surface area contributed by atoms with Gasteiger partial charge in [0.15, 0.2) is 17.5 Å². The standard InChI is InChI=1S/C22H33F3/c1-3-5-16(2)6-4-7-17-8-10-18(11-9-17)12-13-19-14-20(23)22(25)21(24)15-19/h14-18H,3-13H2,1-2H3. The lowest BCUT2D eigenvalue weighted by Crippen LogP contribution is -2.15. The average Bonchev–Trinajstić information content (AvgIpc) is 2.59. The molecule has 0 radical (unpaired) electrons. The molecule has 1 saturated carbocycles. The van der Waals surface area contributed by atoms with Crippen LogP contribution >= 0.6 is 0 Å². The Labute approximate surface area is 151 Å². The molecule has 1 atom stereocenters. The van der Waals surface area contributed by atoms with Crippen LogP contribution in [0.1, 0.15) is 83.6 Å². The molecule has 2 rings (SSSR count). The number of halogens is 3. The molecule has 0 aromatic heterocycles. The fraction of sp³-hybridized carbons (Fsp3) is 0.727. The van der Waals surface area contributed by atoms with E-state index in [1.807, 2.05) is 0 Å². The van der Waals surface area contributed by atoms with Crippen molar-refractivity contribution < 1.29 is 13.2 Å². The summed E-state index contributed by atoms with van der Waals surface area (Å²) in [6.45, 7) is 4.62. The molecule has 1 aliphatic carbocycles. The van der Waals surface area contributed by atoms with Gasteiger partial charge in [-0.3, -0.25) is 0 Å². The van der Waals surface area contributed by atoms with Crippen LogP contribution in [0.5, 0.6) is 0 Å². The molecular formula is C22H33F3. The monoisotopic (exact) mass is 354 g/mol. The Morgan fingerprint density at radius 2 is 1.48 bits per heavy atom. The highest BCUT2D eigenvalue weighted by molar-refractivity contribution is 5.19. The molecule has 25 heavy (non-hydrogen) atoms. The molecule has 0 nitrogen and oxygen atoms in total. The minimum Gasteiger partial charge on any atom is -0.204 e. The van der Waals surface area contributed by atoms with E-state index in [-0.39, 0.29) is 0 Å². The van der Waals surface area contributed by atoms with Gasteiger partial charge in [0.25, 0.3) is 0 Å². The quantitative estimate of drug-likeness (QED) is 0.404. The van der Waals surface area contributed by atoms with Gasteiger partial charge in [0.1, 0.15) is 0 Å². The van der Waals surface area contributed by atoms with Gasteiger partial charge >= 0.3 is 0 Å². The Kier molecular flexibility index (Phi) is 8.32. The van der Waals surface area contributed by atoms with E-state index in [1.165, 1.54) is 57.8 Å². The molecule has 142 valence electrons. The summed E-state index contributed by atoms with van der Waals surface area (Å²) in [6.07, 6.45) is 13.3. The first-order chi connectivity index (χ1) is 12.0. The smallest absolute Gasteiger partial charge is 0.194 e. The molecule has 0 spiro atoms. The van der Waals surface area contributed by atoms with Crippen molar-refractivity contribution in [1.29, 1.82) is 0 Å². The third kappa shape index (κ3) is 6.67. The average molecular weight is 355 g/mol. The fourth-order valence-electron chi connectivity index (χ4n) is 4.32. The zero-order valence-electron chi connectivity index (χ0n) is 15.8. The summed E-state index contributed by atoms with van der Waals surface area (Å²) in [7, 11) is 0. The highest BCUT2D eigenvalue weighted by Gasteiger charge is 2.21. The van der Waals surface area contributed by atoms with Crippen LogP contribution in [0.25, 0.3) is 0 Å². The Hall–Kier alpha value is -0.990. The van der Waals surface area contributed by atoms with E-state index >= 15 is 0 Å². The van der Waals surface area contributed by atoms with Crippen LogP contribution in [0, 0.1) is 35.2 Å². The summed E-state index contributed by atoms with van der Waals surface area (Å²) < 4.78 is 39.5. The van der Waals surface area contributed by atoms with Gasteiger partial charge in [-0.25, -0.2) is 13.2 Å². The van der Waals surface area contributed by atoms with E-state index in [2.05, 4.69) is 13.8 Å². The largest absolute Gasteiger partial charge is 0.204 e. The zero-order valence-corrected chi connectivity index (χ0v) is 15.8. The summed E-state index contributed by atoms with van der Waals surface area (Å²) in [5, 5.41) is 0. The highest BCUT2D eigenvalue weighted by Crippen LogP contribution is 2.34. The minimum absolute atomic E-state index is 0.573. The van der Waals surface area contributed by atoms with E-state index in [9.17, 15) is 13.2 Å². The van der Waals surface area contributed by atoms with E-state index in [0.717, 1.165) is 30.4 Å². The molecule has 0 bridgehead atoms. The van der Waals surface area contributed by atoms with Crippen molar-refractivity contribution >= 4 is 0 Å². The fourth-order valence-corrected chi connectivity index (χ4v) is 4.32. The Bertz CT molecular complexity index is 495. The molecular weight excluding hydrogens is 321 g/mol. The van der Waals surface area contributed by atoms with E-state index in [0.29, 0.717) is 17.9 Å². The number of aryl methyl sites for hydroxylation is 1. The van der Waals surface area contributed by atoms with Crippen LogP contribution in [0.3, 0.4) is 0 Å². The maximum Gasteiger partial charge on any atom is 0.194 e. The number of hydrogen-bond acceptors (Lipinski definition) is 0. The highest BCUT2D eigenvalue weighted by atomic mass is 19.2. The van der Waals surface area contributed by atoms with Crippen molar-refractivity contribution in [1.82, 2.24) is 0 Å². The van der Waals surface area contributed by atoms with Gasteiger partial charge in [0.05, 0.1) is 0 Å². The van der Waals surface area contributed by atoms with Gasteiger partial charge in [-0.1, -0.05) is 71.6 Å². The predicted octanol–water partition coefficient (Wildman–Crippen LogP) is 7.45. The first-order valence-corrected chi connectivity index (χ1v) is 10.1. The van der Waals surface area contributed by atoms with E-state index < -0.39 is 17.5 Å². The summed E-state index contributed by atoms with van der Waals surface area (Å²) in [4.78, 5) is 0. The van der Waals surface area contributed by atoms with Crippen LogP contribution in [0.4, 0.5) is 13.2 Å². The van der Waals surface area contributed by atoms with Crippen LogP contribution < -0.4 is 0 Å². The first kappa shape index (κ1) is 20.3. The number of hydrogen-bond donors (Lipinski definition) is 0. The van der Waals surface area contributed by atoms with Gasteiger partial charge in [0, 0.05) is 0 Å². The molecule has 0 amide bonds. The molecule has 0 aliphatic heterocycles. The van der Waals surface area contributed by atoms with Crippen molar-refractivity contribution in [3.63, 3.8) is 0 Å². The van der Waals surface area contributed by atoms with Crippen LogP contribution in [0.15, 0.2) is 12.1 Å². The molecule has 3 heteroatoms. The lowest BCUT2D eigenvalue weighted by Gasteiger charge is -2.29. The third-order valence-corrected chi connectivity index (χ3v) is 5.94. The van der Waals surface area contributed by atoms with Gasteiger partial charge < -0.3 is 0 Å². The normalized spacial score (nSPS) is 22.1. The lowest BCUT2D eigenvalue weighted by molar-refractivity contribution is 0.245. The SMILES string of the molecule is CCCC(C)CCCC1CCC(CCc2cc(F)c(F)c(F)c2)CC1. The Morgan fingerprint density at radius 3 is 2.04 bits per heavy atom. The minimum atomic E-state index is -1.36. The van der Waals surface area contributed by atoms with Gasteiger partial charge in [-0.05, 0) is 48.3 Å². The van der Waals surface area contributed by atoms with Crippen molar-refractivity contribution in [3.05, 3.63) is 35.1 Å². The molecule has 0 heterocycles. The maximum atomic E-state index is 13.3. The maximum absolute atomic E-state index is 13.3. The topological polar surface area (TPSA) is 0 Å². The number of benzene rings is 1. The zero-order chi connectivity index (χ0) is 18.2. The van der Waals surface area contributed by atoms with Crippen molar-refractivity contribution in [3.8, 4) is 0 Å². The second-order valence-electron chi connectivity index (χ2n) is 8.12. The summed E-state index contributed by atoms with van der Waals surface area (Å²) in [5.74, 6) is -1.14. The molecule has 1 aliphatic rings. The predicted molar refractivity (Wildman–Crippen MR) is 98.0 cm³/mol. The summed E-state index contributed by atoms with van der Waals surface area (Å²) in [5.41, 5.74) is 0.573. The molecule has 1 fully saturated rings. The van der Waals surface area contributed by atoms with Crippen LogP contribution in [-0.2, 0) is 6.42 Å². The van der Waals surface area contributed by atoms with Crippen molar-refractivity contribution in [2.24, 2.45) is 17.8 Å². The molecule has 1 unspecified atom stereocenters. The first-order valence-electron chi connectivity index (χ1n) is 10.1. The summed E-state index contributed by atoms with van der Waals surface area (Å²) in [6, 6.07) is 2.28. The van der Waals surface area contributed by atoms with Crippen molar-refractivity contribution in [2.75, 3.05) is 0 Å². The van der Waals surface area contributed by atoms with Crippen LogP contribution in [-0.4, -0.2) is 0 Å². The van der Waals surface area contributed by atoms with Gasteiger partial charge in [0.2, 0.25) is 0 Å². The molecule has 0 N–H and O–H groups in total. The van der Waals surface area contributed by atoms with E-state index in [1.54, 1.807) is 0 Å². The molecule has 0 saturated heterocycles. The van der Waals surface area contributed by atoms with Gasteiger partial charge in [-0.15, -0.1) is 0 Å². The Balaban J connectivity index is 1.65. The molecule has 1 aromatic rings. The van der Waals surface area contributed by atoms with E-state index in [4.69, 9.17) is 0 Å². The third-order valence-electron chi connectivity index (χ3n) is 5.94. The van der Waals surface area contributed by atoms with Crippen LogP contribution in [0.2, 0.25) is 0 Å². The van der Waals surface area contributed by atoms with Gasteiger partial charge in [-0.2, -0.15) is 0 Å². The lowest BCUT2D eigenvalue weighted by atomic mass is 9.77. The van der Waals surface area contributed by atoms with Crippen molar-refractivity contribution in [2.45, 2.75) is 84.5 Å². The number of rotatable bonds is 9. The second kappa shape index (κ2) is 10.2. The summed E-state index contributed by atoms with van der Waals surface area (Å²) >= 11 is 0. The Morgan fingerprint density at radius 1 is 0.920 bits per heavy atom. The molecule has 1 aromatic carbocycles.